The van der Waals surface area contributed by atoms with Gasteiger partial charge in [0.25, 0.3) is 5.56 Å². The standard InChI is InChI=1S/C30H38N4O3/c1-29(2)21-33(28(36)34-18-15-31-20-26(34)24-11-7-4-8-12-24)17-14-30(29,37)22-32-16-13-25(19-27(32)35)23-9-5-3-6-10-23/h3-11,13,16,19,24,26,31,37H,12,14-15,17-18,20-22H2,1-2H3/t24?,26-,30+/m0/s1. The molecule has 1 unspecified atom stereocenters. The Morgan fingerprint density at radius 3 is 2.62 bits per heavy atom. The summed E-state index contributed by atoms with van der Waals surface area (Å²) in [5.41, 5.74) is 0.0187. The zero-order chi connectivity index (χ0) is 26.0. The predicted molar refractivity (Wildman–Crippen MR) is 146 cm³/mol. The van der Waals surface area contributed by atoms with Crippen molar-refractivity contribution >= 4 is 6.03 Å². The van der Waals surface area contributed by atoms with Crippen LogP contribution in [0.2, 0.25) is 0 Å². The average molecular weight is 503 g/mol. The molecule has 1 aromatic heterocycles. The molecule has 2 aromatic rings. The lowest BCUT2D eigenvalue weighted by Gasteiger charge is -2.52. The molecule has 7 nitrogen and oxygen atoms in total. The highest BCUT2D eigenvalue weighted by molar-refractivity contribution is 5.75. The summed E-state index contributed by atoms with van der Waals surface area (Å²) in [4.78, 5) is 30.6. The van der Waals surface area contributed by atoms with E-state index in [0.717, 1.165) is 30.6 Å². The normalized spacial score (nSPS) is 27.3. The smallest absolute Gasteiger partial charge is 0.320 e. The van der Waals surface area contributed by atoms with Crippen LogP contribution < -0.4 is 10.9 Å². The van der Waals surface area contributed by atoms with Gasteiger partial charge in [0.05, 0.1) is 18.2 Å². The third kappa shape index (κ3) is 5.15. The lowest BCUT2D eigenvalue weighted by atomic mass is 9.69. The maximum atomic E-state index is 13.7. The number of aromatic nitrogens is 1. The number of carbonyl (C=O) groups is 1. The number of allylic oxidation sites excluding steroid dienone is 3. The number of pyridine rings is 1. The fraction of sp³-hybridized carbons (Fsp3) is 0.467. The summed E-state index contributed by atoms with van der Waals surface area (Å²) in [6, 6.07) is 13.5. The Kier molecular flexibility index (Phi) is 7.10. The second kappa shape index (κ2) is 10.3. The molecule has 2 N–H and O–H groups in total. The Hall–Kier alpha value is -3.16. The topological polar surface area (TPSA) is 77.8 Å². The van der Waals surface area contributed by atoms with Gasteiger partial charge in [-0.1, -0.05) is 68.5 Å². The number of benzene rings is 1. The molecule has 0 saturated carbocycles. The van der Waals surface area contributed by atoms with Crippen LogP contribution in [0.4, 0.5) is 4.79 Å². The van der Waals surface area contributed by atoms with E-state index in [9.17, 15) is 14.7 Å². The number of aliphatic hydroxyl groups is 1. The van der Waals surface area contributed by atoms with E-state index in [-0.39, 0.29) is 24.2 Å². The largest absolute Gasteiger partial charge is 0.387 e. The Morgan fingerprint density at radius 2 is 1.92 bits per heavy atom. The number of nitrogens with zero attached hydrogens (tertiary/aromatic N) is 3. The van der Waals surface area contributed by atoms with E-state index in [1.165, 1.54) is 0 Å². The number of rotatable bonds is 4. The third-order valence-corrected chi connectivity index (χ3v) is 8.48. The highest BCUT2D eigenvalue weighted by Gasteiger charge is 2.50. The third-order valence-electron chi connectivity index (χ3n) is 8.48. The van der Waals surface area contributed by atoms with E-state index >= 15 is 0 Å². The van der Waals surface area contributed by atoms with Gasteiger partial charge in [-0.3, -0.25) is 4.79 Å². The first-order chi connectivity index (χ1) is 17.8. The van der Waals surface area contributed by atoms with Gasteiger partial charge >= 0.3 is 6.03 Å². The molecule has 2 aliphatic heterocycles. The van der Waals surface area contributed by atoms with Crippen LogP contribution in [0.5, 0.6) is 0 Å². The molecular formula is C30H38N4O3. The summed E-state index contributed by atoms with van der Waals surface area (Å²) >= 11 is 0. The number of piperazine rings is 1. The summed E-state index contributed by atoms with van der Waals surface area (Å²) in [7, 11) is 0. The van der Waals surface area contributed by atoms with Crippen LogP contribution in [0.3, 0.4) is 0 Å². The highest BCUT2D eigenvalue weighted by atomic mass is 16.3. The van der Waals surface area contributed by atoms with Gasteiger partial charge in [-0.15, -0.1) is 0 Å². The molecular weight excluding hydrogens is 464 g/mol. The number of hydrogen-bond acceptors (Lipinski definition) is 4. The minimum absolute atomic E-state index is 0.0500. The molecule has 0 spiro atoms. The van der Waals surface area contributed by atoms with Crippen molar-refractivity contribution in [3.05, 3.63) is 83.3 Å². The van der Waals surface area contributed by atoms with E-state index in [1.54, 1.807) is 16.8 Å². The number of hydrogen-bond donors (Lipinski definition) is 2. The first-order valence-corrected chi connectivity index (χ1v) is 13.4. The van der Waals surface area contributed by atoms with Crippen LogP contribution in [-0.4, -0.2) is 69.9 Å². The first kappa shape index (κ1) is 25.5. The maximum Gasteiger partial charge on any atom is 0.320 e. The van der Waals surface area contributed by atoms with Crippen molar-refractivity contribution in [2.45, 2.75) is 44.9 Å². The molecule has 0 radical (unpaired) electrons. The zero-order valence-corrected chi connectivity index (χ0v) is 21.8. The van der Waals surface area contributed by atoms with Crippen molar-refractivity contribution in [1.29, 1.82) is 0 Å². The molecule has 3 atom stereocenters. The summed E-state index contributed by atoms with van der Waals surface area (Å²) < 4.78 is 1.60. The molecule has 7 heteroatoms. The number of carbonyl (C=O) groups excluding carboxylic acids is 1. The second-order valence-electron chi connectivity index (χ2n) is 11.3. The average Bonchev–Trinajstić information content (AvgIpc) is 2.92. The fourth-order valence-corrected chi connectivity index (χ4v) is 5.96. The lowest BCUT2D eigenvalue weighted by molar-refractivity contribution is -0.122. The van der Waals surface area contributed by atoms with Crippen LogP contribution in [0, 0.1) is 11.3 Å². The number of piperidine rings is 1. The zero-order valence-electron chi connectivity index (χ0n) is 21.8. The Labute approximate surface area is 219 Å². The van der Waals surface area contributed by atoms with Gasteiger partial charge in [-0.05, 0) is 30.0 Å². The summed E-state index contributed by atoms with van der Waals surface area (Å²) in [5, 5.41) is 15.2. The van der Waals surface area contributed by atoms with Crippen LogP contribution >= 0.6 is 0 Å². The number of urea groups is 1. The minimum Gasteiger partial charge on any atom is -0.387 e. The number of likely N-dealkylation sites (tertiary alicyclic amines) is 1. The lowest BCUT2D eigenvalue weighted by Crippen LogP contribution is -2.65. The minimum atomic E-state index is -1.11. The van der Waals surface area contributed by atoms with Crippen molar-refractivity contribution in [3.8, 4) is 11.1 Å². The Balaban J connectivity index is 1.29. The van der Waals surface area contributed by atoms with Gasteiger partial charge in [0.15, 0.2) is 0 Å². The van der Waals surface area contributed by atoms with E-state index < -0.39 is 11.0 Å². The predicted octanol–water partition coefficient (Wildman–Crippen LogP) is 3.50. The van der Waals surface area contributed by atoms with Crippen molar-refractivity contribution < 1.29 is 9.90 Å². The monoisotopic (exact) mass is 502 g/mol. The van der Waals surface area contributed by atoms with E-state index in [4.69, 9.17) is 0 Å². The van der Waals surface area contributed by atoms with Gasteiger partial charge in [-0.2, -0.15) is 0 Å². The van der Waals surface area contributed by atoms with E-state index in [1.807, 2.05) is 60.0 Å². The van der Waals surface area contributed by atoms with Crippen molar-refractivity contribution in [3.63, 3.8) is 0 Å². The second-order valence-corrected chi connectivity index (χ2v) is 11.3. The molecule has 2 fully saturated rings. The quantitative estimate of drug-likeness (QED) is 0.671. The van der Waals surface area contributed by atoms with Crippen molar-refractivity contribution in [2.24, 2.45) is 11.3 Å². The van der Waals surface area contributed by atoms with Crippen molar-refractivity contribution in [1.82, 2.24) is 19.7 Å². The van der Waals surface area contributed by atoms with Gasteiger partial charge in [-0.25, -0.2) is 4.79 Å². The van der Waals surface area contributed by atoms with Crippen LogP contribution in [0.25, 0.3) is 11.1 Å². The molecule has 0 bridgehead atoms. The Bertz CT molecular complexity index is 1230. The molecule has 5 rings (SSSR count). The molecule has 196 valence electrons. The van der Waals surface area contributed by atoms with E-state index in [0.29, 0.717) is 32.0 Å². The van der Waals surface area contributed by atoms with Gasteiger partial charge < -0.3 is 24.8 Å². The summed E-state index contributed by atoms with van der Waals surface area (Å²) in [6.07, 6.45) is 11.6. The fourth-order valence-electron chi connectivity index (χ4n) is 5.96. The van der Waals surface area contributed by atoms with Crippen LogP contribution in [0.1, 0.15) is 26.7 Å². The van der Waals surface area contributed by atoms with Crippen LogP contribution in [0.15, 0.2) is 77.8 Å². The molecule has 1 aromatic carbocycles. The summed E-state index contributed by atoms with van der Waals surface area (Å²) in [5.74, 6) is 0.308. The number of amides is 2. The van der Waals surface area contributed by atoms with Gasteiger partial charge in [0.2, 0.25) is 0 Å². The molecule has 2 amide bonds. The number of nitrogens with one attached hydrogen (secondary N) is 1. The molecule has 3 aliphatic rings. The van der Waals surface area contributed by atoms with Crippen LogP contribution in [-0.2, 0) is 6.54 Å². The molecule has 1 aliphatic carbocycles. The van der Waals surface area contributed by atoms with Crippen molar-refractivity contribution in [2.75, 3.05) is 32.7 Å². The maximum absolute atomic E-state index is 13.7. The molecule has 3 heterocycles. The molecule has 37 heavy (non-hydrogen) atoms. The summed E-state index contributed by atoms with van der Waals surface area (Å²) in [6.45, 7) is 7.37. The van der Waals surface area contributed by atoms with E-state index in [2.05, 4.69) is 29.6 Å². The first-order valence-electron chi connectivity index (χ1n) is 13.4. The van der Waals surface area contributed by atoms with Gasteiger partial charge in [0, 0.05) is 56.3 Å². The Morgan fingerprint density at radius 1 is 1.11 bits per heavy atom. The SMILES string of the molecule is CC1(C)CN(C(=O)N2CCNC[C@H]2C2C=CC=CC2)CC[C@@]1(O)Cn1ccc(-c2ccccc2)cc1=O. The highest BCUT2D eigenvalue weighted by Crippen LogP contribution is 2.40. The molecule has 2 saturated heterocycles. The van der Waals surface area contributed by atoms with Gasteiger partial charge in [0.1, 0.15) is 0 Å².